The van der Waals surface area contributed by atoms with Crippen molar-refractivity contribution in [3.8, 4) is 0 Å². The molecular formula is C12H20N4O. The van der Waals surface area contributed by atoms with Gasteiger partial charge in [-0.1, -0.05) is 26.8 Å². The lowest BCUT2D eigenvalue weighted by molar-refractivity contribution is 0.228. The largest absolute Gasteiger partial charge is 0.368 e. The third kappa shape index (κ3) is 4.72. The van der Waals surface area contributed by atoms with Crippen LogP contribution in [0.15, 0.2) is 24.4 Å². The maximum atomic E-state index is 10.9. The van der Waals surface area contributed by atoms with E-state index in [4.69, 9.17) is 5.73 Å². The number of hydrogen-bond donors (Lipinski definition) is 3. The Morgan fingerprint density at radius 3 is 2.65 bits per heavy atom. The number of primary amides is 1. The Morgan fingerprint density at radius 2 is 2.18 bits per heavy atom. The second-order valence-electron chi connectivity index (χ2n) is 5.02. The first-order chi connectivity index (χ1) is 7.89. The van der Waals surface area contributed by atoms with Crippen LogP contribution in [0.25, 0.3) is 0 Å². The van der Waals surface area contributed by atoms with Crippen molar-refractivity contribution in [2.24, 2.45) is 11.1 Å². The highest BCUT2D eigenvalue weighted by Crippen LogP contribution is 2.19. The van der Waals surface area contributed by atoms with E-state index in [0.717, 1.165) is 5.82 Å². The molecule has 2 amide bonds. The summed E-state index contributed by atoms with van der Waals surface area (Å²) in [5.74, 6) is 0.785. The molecule has 0 radical (unpaired) electrons. The Labute approximate surface area is 102 Å². The molecule has 0 bridgehead atoms. The van der Waals surface area contributed by atoms with Crippen molar-refractivity contribution >= 4 is 11.8 Å². The summed E-state index contributed by atoms with van der Waals surface area (Å²) in [7, 11) is 0. The molecule has 0 aliphatic rings. The molecule has 4 N–H and O–H groups in total. The van der Waals surface area contributed by atoms with E-state index >= 15 is 0 Å². The fraction of sp³-hybridized carbons (Fsp3) is 0.500. The zero-order valence-electron chi connectivity index (χ0n) is 10.5. The van der Waals surface area contributed by atoms with Gasteiger partial charge in [-0.3, -0.25) is 0 Å². The lowest BCUT2D eigenvalue weighted by atomic mass is 9.86. The second kappa shape index (κ2) is 5.52. The number of pyridine rings is 1. The van der Waals surface area contributed by atoms with E-state index in [0.29, 0.717) is 6.54 Å². The fourth-order valence-corrected chi connectivity index (χ4v) is 1.42. The van der Waals surface area contributed by atoms with Crippen LogP contribution in [-0.2, 0) is 0 Å². The molecule has 94 valence electrons. The molecule has 1 heterocycles. The summed E-state index contributed by atoms with van der Waals surface area (Å²) in [6, 6.07) is 5.08. The van der Waals surface area contributed by atoms with Gasteiger partial charge in [0.2, 0.25) is 0 Å². The van der Waals surface area contributed by atoms with Crippen LogP contribution in [0.2, 0.25) is 0 Å². The van der Waals surface area contributed by atoms with Crippen molar-refractivity contribution < 1.29 is 4.79 Å². The molecule has 0 aliphatic heterocycles. The van der Waals surface area contributed by atoms with Gasteiger partial charge in [0, 0.05) is 12.7 Å². The Morgan fingerprint density at radius 1 is 1.47 bits per heavy atom. The number of hydrogen-bond acceptors (Lipinski definition) is 3. The van der Waals surface area contributed by atoms with Crippen LogP contribution in [0.1, 0.15) is 20.8 Å². The predicted molar refractivity (Wildman–Crippen MR) is 68.7 cm³/mol. The van der Waals surface area contributed by atoms with Crippen LogP contribution < -0.4 is 16.4 Å². The summed E-state index contributed by atoms with van der Waals surface area (Å²) in [6.07, 6.45) is 1.72. The number of carbonyl (C=O) groups is 1. The van der Waals surface area contributed by atoms with Crippen molar-refractivity contribution in [3.05, 3.63) is 24.4 Å². The molecule has 0 saturated heterocycles. The van der Waals surface area contributed by atoms with Crippen LogP contribution >= 0.6 is 0 Å². The van der Waals surface area contributed by atoms with Crippen molar-refractivity contribution in [2.45, 2.75) is 26.8 Å². The molecule has 5 heteroatoms. The maximum absolute atomic E-state index is 10.9. The molecule has 5 nitrogen and oxygen atoms in total. The fourth-order valence-electron chi connectivity index (χ4n) is 1.42. The van der Waals surface area contributed by atoms with Gasteiger partial charge in [-0.05, 0) is 17.5 Å². The molecule has 17 heavy (non-hydrogen) atoms. The van der Waals surface area contributed by atoms with E-state index in [-0.39, 0.29) is 11.5 Å². The SMILES string of the molecule is CC(C)(C)C(CNc1ccccn1)NC(N)=O. The lowest BCUT2D eigenvalue weighted by Crippen LogP contribution is -2.49. The highest BCUT2D eigenvalue weighted by atomic mass is 16.2. The minimum Gasteiger partial charge on any atom is -0.368 e. The van der Waals surface area contributed by atoms with Crippen LogP contribution in [0, 0.1) is 5.41 Å². The summed E-state index contributed by atoms with van der Waals surface area (Å²) >= 11 is 0. The zero-order valence-corrected chi connectivity index (χ0v) is 10.5. The van der Waals surface area contributed by atoms with Gasteiger partial charge in [-0.25, -0.2) is 9.78 Å². The monoisotopic (exact) mass is 236 g/mol. The van der Waals surface area contributed by atoms with Gasteiger partial charge >= 0.3 is 6.03 Å². The van der Waals surface area contributed by atoms with Gasteiger partial charge in [0.15, 0.2) is 0 Å². The first-order valence-corrected chi connectivity index (χ1v) is 5.60. The van der Waals surface area contributed by atoms with Crippen molar-refractivity contribution in [1.82, 2.24) is 10.3 Å². The molecule has 0 saturated carbocycles. The minimum atomic E-state index is -0.507. The number of carbonyl (C=O) groups excluding carboxylic acids is 1. The van der Waals surface area contributed by atoms with Crippen LogP contribution in [0.4, 0.5) is 10.6 Å². The van der Waals surface area contributed by atoms with E-state index < -0.39 is 6.03 Å². The van der Waals surface area contributed by atoms with Crippen molar-refractivity contribution in [2.75, 3.05) is 11.9 Å². The van der Waals surface area contributed by atoms with Crippen molar-refractivity contribution in [3.63, 3.8) is 0 Å². The normalized spacial score (nSPS) is 12.9. The average molecular weight is 236 g/mol. The first kappa shape index (κ1) is 13.3. The first-order valence-electron chi connectivity index (χ1n) is 5.60. The van der Waals surface area contributed by atoms with Gasteiger partial charge < -0.3 is 16.4 Å². The molecule has 0 fully saturated rings. The molecule has 1 aromatic rings. The van der Waals surface area contributed by atoms with Crippen LogP contribution in [0.5, 0.6) is 0 Å². The average Bonchev–Trinajstić information content (AvgIpc) is 2.23. The molecule has 1 rings (SSSR count). The van der Waals surface area contributed by atoms with E-state index in [9.17, 15) is 4.79 Å². The van der Waals surface area contributed by atoms with Crippen molar-refractivity contribution in [1.29, 1.82) is 0 Å². The number of nitrogens with zero attached hydrogens (tertiary/aromatic N) is 1. The molecule has 1 unspecified atom stereocenters. The molecule has 0 spiro atoms. The molecule has 1 aromatic heterocycles. The Kier molecular flexibility index (Phi) is 4.31. The van der Waals surface area contributed by atoms with Gasteiger partial charge in [0.25, 0.3) is 0 Å². The highest BCUT2D eigenvalue weighted by molar-refractivity contribution is 5.72. The molecule has 1 atom stereocenters. The molecule has 0 aromatic carbocycles. The standard InChI is InChI=1S/C12H20N4O/c1-12(2,3)9(16-11(13)17)8-15-10-6-4-5-7-14-10/h4-7,9H,8H2,1-3H3,(H,14,15)(H3,13,16,17). The van der Waals surface area contributed by atoms with Gasteiger partial charge in [-0.15, -0.1) is 0 Å². The smallest absolute Gasteiger partial charge is 0.312 e. The molecule has 0 aliphatic carbocycles. The number of aromatic nitrogens is 1. The van der Waals surface area contributed by atoms with Gasteiger partial charge in [-0.2, -0.15) is 0 Å². The van der Waals surface area contributed by atoms with Crippen LogP contribution in [-0.4, -0.2) is 23.6 Å². The Hall–Kier alpha value is -1.78. The van der Waals surface area contributed by atoms with E-state index in [1.54, 1.807) is 6.20 Å². The third-order valence-corrected chi connectivity index (χ3v) is 2.51. The maximum Gasteiger partial charge on any atom is 0.312 e. The van der Waals surface area contributed by atoms with E-state index in [2.05, 4.69) is 15.6 Å². The van der Waals surface area contributed by atoms with Gasteiger partial charge in [0.05, 0.1) is 6.04 Å². The number of urea groups is 1. The summed E-state index contributed by atoms with van der Waals surface area (Å²) < 4.78 is 0. The number of amides is 2. The third-order valence-electron chi connectivity index (χ3n) is 2.51. The topological polar surface area (TPSA) is 80.0 Å². The molecular weight excluding hydrogens is 216 g/mol. The number of nitrogens with one attached hydrogen (secondary N) is 2. The second-order valence-corrected chi connectivity index (χ2v) is 5.02. The summed E-state index contributed by atoms with van der Waals surface area (Å²) in [5, 5.41) is 5.91. The van der Waals surface area contributed by atoms with Gasteiger partial charge in [0.1, 0.15) is 5.82 Å². The number of anilines is 1. The summed E-state index contributed by atoms with van der Waals surface area (Å²) in [5.41, 5.74) is 5.09. The van der Waals surface area contributed by atoms with E-state index in [1.807, 2.05) is 39.0 Å². The summed E-state index contributed by atoms with van der Waals surface area (Å²) in [6.45, 7) is 6.73. The Bertz CT molecular complexity index is 359. The quantitative estimate of drug-likeness (QED) is 0.742. The zero-order chi connectivity index (χ0) is 12.9. The summed E-state index contributed by atoms with van der Waals surface area (Å²) in [4.78, 5) is 15.1. The minimum absolute atomic E-state index is 0.0537. The predicted octanol–water partition coefficient (Wildman–Crippen LogP) is 1.58. The highest BCUT2D eigenvalue weighted by Gasteiger charge is 2.25. The lowest BCUT2D eigenvalue weighted by Gasteiger charge is -2.31. The van der Waals surface area contributed by atoms with E-state index in [1.165, 1.54) is 0 Å². The number of nitrogens with two attached hydrogens (primary N) is 1. The van der Waals surface area contributed by atoms with Crippen LogP contribution in [0.3, 0.4) is 0 Å². The number of rotatable bonds is 4. The Balaban J connectivity index is 2.59.